The Morgan fingerprint density at radius 2 is 2.19 bits per heavy atom. The molecule has 1 heterocycles. The summed E-state index contributed by atoms with van der Waals surface area (Å²) < 4.78 is 4.92. The van der Waals surface area contributed by atoms with Gasteiger partial charge < -0.3 is 14.9 Å². The van der Waals surface area contributed by atoms with Crippen molar-refractivity contribution in [2.24, 2.45) is 0 Å². The van der Waals surface area contributed by atoms with E-state index < -0.39 is 0 Å². The molecule has 0 radical (unpaired) electrons. The van der Waals surface area contributed by atoms with Gasteiger partial charge in [0, 0.05) is 23.7 Å². The zero-order valence-electron chi connectivity index (χ0n) is 11.9. The molecule has 0 unspecified atom stereocenters. The van der Waals surface area contributed by atoms with Crippen LogP contribution >= 0.6 is 0 Å². The van der Waals surface area contributed by atoms with Gasteiger partial charge in [-0.25, -0.2) is 0 Å². The molecule has 1 amide bonds. The smallest absolute Gasteiger partial charge is 0.294 e. The highest BCUT2D eigenvalue weighted by molar-refractivity contribution is 6.02. The summed E-state index contributed by atoms with van der Waals surface area (Å²) in [6.45, 7) is 3.70. The van der Waals surface area contributed by atoms with Gasteiger partial charge in [0.25, 0.3) is 5.91 Å². The Morgan fingerprint density at radius 1 is 1.38 bits per heavy atom. The number of rotatable bonds is 3. The number of aryl methyl sites for hydroxylation is 2. The van der Waals surface area contributed by atoms with Crippen LogP contribution in [0.2, 0.25) is 0 Å². The second-order valence-corrected chi connectivity index (χ2v) is 4.59. The Morgan fingerprint density at radius 3 is 2.81 bits per heavy atom. The van der Waals surface area contributed by atoms with Gasteiger partial charge in [0.15, 0.2) is 0 Å². The lowest BCUT2D eigenvalue weighted by Gasteiger charge is -2.07. The number of aliphatic hydroxyl groups is 1. The number of anilines is 1. The molecule has 0 saturated heterocycles. The summed E-state index contributed by atoms with van der Waals surface area (Å²) in [6.07, 6.45) is 0.447. The molecule has 0 bridgehead atoms. The number of aliphatic hydroxyl groups excluding tert-OH is 1. The maximum Gasteiger partial charge on any atom is 0.294 e. The molecule has 5 heteroatoms. The van der Waals surface area contributed by atoms with Crippen LogP contribution in [-0.2, 0) is 0 Å². The minimum atomic E-state index is -0.335. The van der Waals surface area contributed by atoms with Crippen LogP contribution in [0.15, 0.2) is 28.8 Å². The van der Waals surface area contributed by atoms with E-state index in [4.69, 9.17) is 9.63 Å². The van der Waals surface area contributed by atoms with Crippen molar-refractivity contribution in [2.75, 3.05) is 11.9 Å². The molecule has 108 valence electrons. The number of carbonyl (C=O) groups excluding carboxylic acids is 1. The van der Waals surface area contributed by atoms with Crippen molar-refractivity contribution in [1.82, 2.24) is 5.16 Å². The van der Waals surface area contributed by atoms with Gasteiger partial charge in [0.2, 0.25) is 5.76 Å². The number of nitrogens with zero attached hydrogens (tertiary/aromatic N) is 1. The molecule has 0 saturated carbocycles. The SMILES string of the molecule is Cc1cc(C(=O)Nc2ccc(C#CCCO)cc2C)on1. The Kier molecular flexibility index (Phi) is 4.75. The number of benzene rings is 1. The monoisotopic (exact) mass is 284 g/mol. The number of hydrogen-bond donors (Lipinski definition) is 2. The maximum absolute atomic E-state index is 12.0. The number of hydrogen-bond acceptors (Lipinski definition) is 4. The first-order valence-electron chi connectivity index (χ1n) is 6.55. The van der Waals surface area contributed by atoms with E-state index in [9.17, 15) is 4.79 Å². The quantitative estimate of drug-likeness (QED) is 0.848. The molecule has 0 aliphatic heterocycles. The first-order valence-corrected chi connectivity index (χ1v) is 6.55. The molecule has 0 aliphatic rings. The van der Waals surface area contributed by atoms with E-state index in [1.165, 1.54) is 0 Å². The van der Waals surface area contributed by atoms with Crippen molar-refractivity contribution in [3.8, 4) is 11.8 Å². The third-order valence-electron chi connectivity index (χ3n) is 2.80. The van der Waals surface area contributed by atoms with Crippen LogP contribution in [-0.4, -0.2) is 22.8 Å². The van der Waals surface area contributed by atoms with Gasteiger partial charge in [0.05, 0.1) is 12.3 Å². The molecule has 21 heavy (non-hydrogen) atoms. The Labute approximate surface area is 123 Å². The number of amides is 1. The van der Waals surface area contributed by atoms with Crippen molar-refractivity contribution in [2.45, 2.75) is 20.3 Å². The summed E-state index contributed by atoms with van der Waals surface area (Å²) in [5.41, 5.74) is 3.10. The molecule has 1 aromatic carbocycles. The van der Waals surface area contributed by atoms with Crippen molar-refractivity contribution in [3.63, 3.8) is 0 Å². The summed E-state index contributed by atoms with van der Waals surface area (Å²) in [6, 6.07) is 7.07. The van der Waals surface area contributed by atoms with Crippen LogP contribution < -0.4 is 5.32 Å². The van der Waals surface area contributed by atoms with Gasteiger partial charge in [0.1, 0.15) is 0 Å². The van der Waals surface area contributed by atoms with E-state index in [1.807, 2.05) is 19.1 Å². The average molecular weight is 284 g/mol. The van der Waals surface area contributed by atoms with E-state index in [2.05, 4.69) is 22.3 Å². The third-order valence-corrected chi connectivity index (χ3v) is 2.80. The molecule has 2 N–H and O–H groups in total. The molecule has 2 aromatic rings. The van der Waals surface area contributed by atoms with Crippen LogP contribution in [0.4, 0.5) is 5.69 Å². The van der Waals surface area contributed by atoms with Gasteiger partial charge in [-0.2, -0.15) is 0 Å². The molecule has 0 fully saturated rings. The fourth-order valence-electron chi connectivity index (χ4n) is 1.76. The number of aromatic nitrogens is 1. The maximum atomic E-state index is 12.0. The van der Waals surface area contributed by atoms with Gasteiger partial charge in [-0.1, -0.05) is 17.0 Å². The molecule has 0 aliphatic carbocycles. The lowest BCUT2D eigenvalue weighted by Crippen LogP contribution is -2.11. The Bertz CT molecular complexity index is 708. The minimum absolute atomic E-state index is 0.0523. The number of carbonyl (C=O) groups is 1. The molecular weight excluding hydrogens is 268 g/mol. The predicted molar refractivity (Wildman–Crippen MR) is 79.0 cm³/mol. The van der Waals surface area contributed by atoms with Gasteiger partial charge in [-0.3, -0.25) is 4.79 Å². The van der Waals surface area contributed by atoms with Crippen molar-refractivity contribution in [3.05, 3.63) is 46.8 Å². The van der Waals surface area contributed by atoms with Crippen LogP contribution in [0.1, 0.15) is 33.8 Å². The van der Waals surface area contributed by atoms with Crippen LogP contribution in [0.25, 0.3) is 0 Å². The minimum Gasteiger partial charge on any atom is -0.395 e. The highest BCUT2D eigenvalue weighted by Gasteiger charge is 2.12. The normalized spacial score (nSPS) is 9.86. The average Bonchev–Trinajstić information content (AvgIpc) is 2.89. The summed E-state index contributed by atoms with van der Waals surface area (Å²) >= 11 is 0. The van der Waals surface area contributed by atoms with E-state index in [0.29, 0.717) is 17.8 Å². The molecular formula is C16H16N2O3. The van der Waals surface area contributed by atoms with Gasteiger partial charge in [-0.15, -0.1) is 0 Å². The first-order chi connectivity index (χ1) is 10.1. The highest BCUT2D eigenvalue weighted by atomic mass is 16.5. The second kappa shape index (κ2) is 6.73. The van der Waals surface area contributed by atoms with Crippen LogP contribution in [0.5, 0.6) is 0 Å². The van der Waals surface area contributed by atoms with E-state index >= 15 is 0 Å². The number of nitrogens with one attached hydrogen (secondary N) is 1. The highest BCUT2D eigenvalue weighted by Crippen LogP contribution is 2.17. The van der Waals surface area contributed by atoms with Crippen LogP contribution in [0.3, 0.4) is 0 Å². The summed E-state index contributed by atoms with van der Waals surface area (Å²) in [7, 11) is 0. The predicted octanol–water partition coefficient (Wildman–Crippen LogP) is 2.28. The molecule has 0 spiro atoms. The zero-order chi connectivity index (χ0) is 15.2. The fraction of sp³-hybridized carbons (Fsp3) is 0.250. The van der Waals surface area contributed by atoms with Crippen molar-refractivity contribution in [1.29, 1.82) is 0 Å². The topological polar surface area (TPSA) is 75.4 Å². The lowest BCUT2D eigenvalue weighted by atomic mass is 10.1. The molecule has 1 aromatic heterocycles. The fourth-order valence-corrected chi connectivity index (χ4v) is 1.76. The molecule has 0 atom stereocenters. The first kappa shape index (κ1) is 14.8. The van der Waals surface area contributed by atoms with Crippen LogP contribution in [0, 0.1) is 25.7 Å². The van der Waals surface area contributed by atoms with E-state index in [1.54, 1.807) is 19.1 Å². The summed E-state index contributed by atoms with van der Waals surface area (Å²) in [5.74, 6) is 5.65. The van der Waals surface area contributed by atoms with Gasteiger partial charge in [-0.05, 0) is 37.6 Å². The van der Waals surface area contributed by atoms with Crippen molar-refractivity contribution < 1.29 is 14.4 Å². The third kappa shape index (κ3) is 3.94. The second-order valence-electron chi connectivity index (χ2n) is 4.59. The van der Waals surface area contributed by atoms with Gasteiger partial charge >= 0.3 is 0 Å². The lowest BCUT2D eigenvalue weighted by molar-refractivity contribution is 0.0988. The Hall–Kier alpha value is -2.58. The molecule has 5 nitrogen and oxygen atoms in total. The summed E-state index contributed by atoms with van der Waals surface area (Å²) in [5, 5.41) is 15.1. The van der Waals surface area contributed by atoms with E-state index in [-0.39, 0.29) is 18.3 Å². The largest absolute Gasteiger partial charge is 0.395 e. The summed E-state index contributed by atoms with van der Waals surface area (Å²) in [4.78, 5) is 12.0. The standard InChI is InChI=1S/C16H16N2O3/c1-11-9-13(5-3-4-8-19)6-7-14(11)17-16(20)15-10-12(2)18-21-15/h6-7,9-10,19H,4,8H2,1-2H3,(H,17,20). The molecule has 2 rings (SSSR count). The zero-order valence-corrected chi connectivity index (χ0v) is 11.9. The Balaban J connectivity index is 2.11. The van der Waals surface area contributed by atoms with E-state index in [0.717, 1.165) is 11.1 Å². The van der Waals surface area contributed by atoms with Crippen molar-refractivity contribution >= 4 is 11.6 Å².